The van der Waals surface area contributed by atoms with Gasteiger partial charge in [-0.15, -0.1) is 22.7 Å². The van der Waals surface area contributed by atoms with Crippen molar-refractivity contribution in [2.45, 2.75) is 0 Å². The van der Waals surface area contributed by atoms with Crippen molar-refractivity contribution in [2.24, 2.45) is 0 Å². The lowest BCUT2D eigenvalue weighted by Gasteiger charge is -2.28. The Morgan fingerprint density at radius 1 is 0.367 bits per heavy atom. The Hall–Kier alpha value is -5.74. The van der Waals surface area contributed by atoms with Crippen LogP contribution in [0.4, 0.5) is 17.1 Å². The maximum Gasteiger partial charge on any atom is 0.0554 e. The van der Waals surface area contributed by atoms with E-state index in [1.165, 1.54) is 79.1 Å². The van der Waals surface area contributed by atoms with Crippen molar-refractivity contribution in [1.29, 1.82) is 0 Å². The molecule has 10 rings (SSSR count). The molecule has 0 fully saturated rings. The quantitative estimate of drug-likeness (QED) is 0.178. The molecule has 10 aromatic rings. The van der Waals surface area contributed by atoms with E-state index in [0.29, 0.717) is 0 Å². The first-order valence-electron chi connectivity index (χ1n) is 16.6. The van der Waals surface area contributed by atoms with Crippen LogP contribution in [-0.4, -0.2) is 0 Å². The van der Waals surface area contributed by atoms with Crippen molar-refractivity contribution in [3.63, 3.8) is 0 Å². The minimum Gasteiger partial charge on any atom is -0.310 e. The largest absolute Gasteiger partial charge is 0.310 e. The average Bonchev–Trinajstić information content (AvgIpc) is 3.74. The summed E-state index contributed by atoms with van der Waals surface area (Å²) in [4.78, 5) is 2.48. The van der Waals surface area contributed by atoms with E-state index >= 15 is 0 Å². The summed E-state index contributed by atoms with van der Waals surface area (Å²) in [7, 11) is 0. The monoisotopic (exact) mass is 659 g/mol. The van der Waals surface area contributed by atoms with Crippen LogP contribution in [0.3, 0.4) is 0 Å². The lowest BCUT2D eigenvalue weighted by molar-refractivity contribution is 1.31. The highest BCUT2D eigenvalue weighted by atomic mass is 32.1. The molecule has 0 aliphatic rings. The molecule has 0 aliphatic heterocycles. The molecule has 8 aromatic carbocycles. The van der Waals surface area contributed by atoms with Gasteiger partial charge in [-0.1, -0.05) is 121 Å². The maximum absolute atomic E-state index is 2.48. The standard InChI is InChI=1S/C46H29NS2/c1-2-12-30(13-3-1)33-26-34(37-18-10-19-39-38-16-6-8-21-42(38)49-46(37)39)29-36(28-33)47(35-25-24-31-14-4-5-15-32(31)27-35)41-20-11-23-44-45(41)40-17-7-9-22-43(40)48-44/h1-29H. The lowest BCUT2D eigenvalue weighted by atomic mass is 9.96. The number of thiophene rings is 2. The van der Waals surface area contributed by atoms with E-state index in [1.54, 1.807) is 0 Å². The van der Waals surface area contributed by atoms with Crippen molar-refractivity contribution in [3.8, 4) is 22.3 Å². The zero-order valence-electron chi connectivity index (χ0n) is 26.5. The van der Waals surface area contributed by atoms with Crippen LogP contribution in [0.15, 0.2) is 176 Å². The Bertz CT molecular complexity index is 2840. The Kier molecular flexibility index (Phi) is 6.61. The topological polar surface area (TPSA) is 3.24 Å². The molecule has 0 saturated heterocycles. The SMILES string of the molecule is c1ccc(-c2cc(-c3cccc4c3sc3ccccc34)cc(N(c3ccc4ccccc4c3)c3cccc4sc5ccccc5c34)c2)cc1. The van der Waals surface area contributed by atoms with Crippen LogP contribution in [0.5, 0.6) is 0 Å². The minimum absolute atomic E-state index is 1.13. The Morgan fingerprint density at radius 3 is 1.92 bits per heavy atom. The number of nitrogens with zero attached hydrogens (tertiary/aromatic N) is 1. The average molecular weight is 660 g/mol. The first-order valence-corrected chi connectivity index (χ1v) is 18.2. The van der Waals surface area contributed by atoms with Crippen LogP contribution in [-0.2, 0) is 0 Å². The summed E-state index contributed by atoms with van der Waals surface area (Å²) < 4.78 is 5.23. The summed E-state index contributed by atoms with van der Waals surface area (Å²) in [6.45, 7) is 0. The molecule has 1 nitrogen and oxygen atoms in total. The van der Waals surface area contributed by atoms with Gasteiger partial charge in [0.15, 0.2) is 0 Å². The molecule has 0 bridgehead atoms. The first-order chi connectivity index (χ1) is 24.3. The molecule has 0 atom stereocenters. The summed E-state index contributed by atoms with van der Waals surface area (Å²) in [5.41, 5.74) is 8.31. The van der Waals surface area contributed by atoms with Crippen molar-refractivity contribution < 1.29 is 0 Å². The molecule has 0 unspecified atom stereocenters. The number of rotatable bonds is 5. The van der Waals surface area contributed by atoms with Gasteiger partial charge in [-0.3, -0.25) is 0 Å². The maximum atomic E-state index is 2.48. The van der Waals surface area contributed by atoms with Gasteiger partial charge in [0.05, 0.1) is 5.69 Å². The van der Waals surface area contributed by atoms with Crippen LogP contribution in [0.25, 0.3) is 73.4 Å². The van der Waals surface area contributed by atoms with Gasteiger partial charge in [-0.2, -0.15) is 0 Å². The molecule has 0 radical (unpaired) electrons. The number of fused-ring (bicyclic) bond motifs is 7. The molecule has 0 N–H and O–H groups in total. The summed E-state index contributed by atoms with van der Waals surface area (Å²) in [5.74, 6) is 0. The Morgan fingerprint density at radius 2 is 1.04 bits per heavy atom. The lowest BCUT2D eigenvalue weighted by Crippen LogP contribution is -2.11. The molecule has 49 heavy (non-hydrogen) atoms. The fourth-order valence-corrected chi connectivity index (χ4v) is 9.72. The van der Waals surface area contributed by atoms with E-state index in [1.807, 2.05) is 22.7 Å². The molecule has 0 saturated carbocycles. The van der Waals surface area contributed by atoms with Gasteiger partial charge >= 0.3 is 0 Å². The van der Waals surface area contributed by atoms with Gasteiger partial charge < -0.3 is 4.90 Å². The minimum atomic E-state index is 1.13. The van der Waals surface area contributed by atoms with Crippen LogP contribution >= 0.6 is 22.7 Å². The second kappa shape index (κ2) is 11.5. The zero-order valence-corrected chi connectivity index (χ0v) is 28.1. The van der Waals surface area contributed by atoms with Crippen LogP contribution < -0.4 is 4.90 Å². The third kappa shape index (κ3) is 4.74. The highest BCUT2D eigenvalue weighted by Crippen LogP contribution is 2.48. The second-order valence-electron chi connectivity index (χ2n) is 12.5. The van der Waals surface area contributed by atoms with Gasteiger partial charge in [-0.25, -0.2) is 0 Å². The van der Waals surface area contributed by atoms with E-state index in [4.69, 9.17) is 0 Å². The molecule has 0 spiro atoms. The van der Waals surface area contributed by atoms with Crippen LogP contribution in [0, 0.1) is 0 Å². The van der Waals surface area contributed by atoms with Crippen molar-refractivity contribution >= 4 is 90.9 Å². The van der Waals surface area contributed by atoms with E-state index in [9.17, 15) is 0 Å². The van der Waals surface area contributed by atoms with Gasteiger partial charge in [-0.05, 0) is 87.6 Å². The van der Waals surface area contributed by atoms with Crippen molar-refractivity contribution in [2.75, 3.05) is 4.90 Å². The van der Waals surface area contributed by atoms with Crippen molar-refractivity contribution in [3.05, 3.63) is 176 Å². The van der Waals surface area contributed by atoms with Crippen LogP contribution in [0.2, 0.25) is 0 Å². The highest BCUT2D eigenvalue weighted by Gasteiger charge is 2.21. The predicted molar refractivity (Wildman–Crippen MR) is 215 cm³/mol. The molecule has 2 heterocycles. The van der Waals surface area contributed by atoms with Crippen molar-refractivity contribution in [1.82, 2.24) is 0 Å². The Balaban J connectivity index is 1.29. The summed E-state index contributed by atoms with van der Waals surface area (Å²) in [5, 5.41) is 7.67. The van der Waals surface area contributed by atoms with Crippen LogP contribution in [0.1, 0.15) is 0 Å². The third-order valence-corrected chi connectivity index (χ3v) is 12.0. The number of anilines is 3. The summed E-state index contributed by atoms with van der Waals surface area (Å²) in [6, 6.07) is 64.6. The van der Waals surface area contributed by atoms with Gasteiger partial charge in [0, 0.05) is 51.7 Å². The molecule has 230 valence electrons. The van der Waals surface area contributed by atoms with Gasteiger partial charge in [0.2, 0.25) is 0 Å². The predicted octanol–water partition coefficient (Wildman–Crippen LogP) is 14.4. The summed E-state index contributed by atoms with van der Waals surface area (Å²) in [6.07, 6.45) is 0. The molecular formula is C46H29NS2. The van der Waals surface area contributed by atoms with E-state index in [-0.39, 0.29) is 0 Å². The Labute approximate surface area is 292 Å². The fourth-order valence-electron chi connectivity index (χ4n) is 7.35. The normalized spacial score (nSPS) is 11.7. The first kappa shape index (κ1) is 28.3. The number of hydrogen-bond donors (Lipinski definition) is 0. The van der Waals surface area contributed by atoms with Gasteiger partial charge in [0.1, 0.15) is 0 Å². The number of hydrogen-bond acceptors (Lipinski definition) is 3. The van der Waals surface area contributed by atoms with E-state index in [2.05, 4.69) is 181 Å². The molecule has 0 aliphatic carbocycles. The molecular weight excluding hydrogens is 631 g/mol. The number of benzene rings is 8. The highest BCUT2D eigenvalue weighted by molar-refractivity contribution is 7.26. The van der Waals surface area contributed by atoms with E-state index in [0.717, 1.165) is 11.4 Å². The smallest absolute Gasteiger partial charge is 0.0554 e. The zero-order chi connectivity index (χ0) is 32.3. The summed E-state index contributed by atoms with van der Waals surface area (Å²) >= 11 is 3.75. The third-order valence-electron chi connectivity index (χ3n) is 9.61. The second-order valence-corrected chi connectivity index (χ2v) is 14.7. The molecule has 2 aromatic heterocycles. The van der Waals surface area contributed by atoms with E-state index < -0.39 is 0 Å². The molecule has 3 heteroatoms. The molecule has 0 amide bonds. The fraction of sp³-hybridized carbons (Fsp3) is 0. The van der Waals surface area contributed by atoms with Gasteiger partial charge in [0.25, 0.3) is 0 Å².